The highest BCUT2D eigenvalue weighted by Crippen LogP contribution is 2.75. The van der Waals surface area contributed by atoms with Gasteiger partial charge in [0.05, 0.1) is 0 Å². The Morgan fingerprint density at radius 1 is 0.808 bits per heavy atom. The minimum atomic E-state index is -1.02. The first-order valence-corrected chi connectivity index (χ1v) is 10.6. The van der Waals surface area contributed by atoms with E-state index in [9.17, 15) is 10.2 Å². The highest BCUT2D eigenvalue weighted by molar-refractivity contribution is 5.24. The van der Waals surface area contributed by atoms with Gasteiger partial charge in [0, 0.05) is 10.8 Å². The molecule has 2 N–H and O–H groups in total. The molecule has 1 saturated heterocycles. The van der Waals surface area contributed by atoms with E-state index in [1.807, 2.05) is 0 Å². The fourth-order valence-electron chi connectivity index (χ4n) is 8.25. The molecule has 148 valence electrons. The van der Waals surface area contributed by atoms with Crippen LogP contribution < -0.4 is 0 Å². The second-order valence-corrected chi connectivity index (χ2v) is 11.7. The molecule has 1 heterocycles. The van der Waals surface area contributed by atoms with Gasteiger partial charge < -0.3 is 19.7 Å². The van der Waals surface area contributed by atoms with E-state index in [-0.39, 0.29) is 21.7 Å². The molecule has 1 aliphatic heterocycles. The van der Waals surface area contributed by atoms with Gasteiger partial charge in [0.2, 0.25) is 0 Å². The predicted molar refractivity (Wildman–Crippen MR) is 98.1 cm³/mol. The van der Waals surface area contributed by atoms with Crippen molar-refractivity contribution < 1.29 is 19.7 Å². The van der Waals surface area contributed by atoms with E-state index in [1.54, 1.807) is 0 Å². The van der Waals surface area contributed by atoms with E-state index in [0.29, 0.717) is 18.3 Å². The minimum absolute atomic E-state index is 0.0625. The Kier molecular flexibility index (Phi) is 3.12. The summed E-state index contributed by atoms with van der Waals surface area (Å²) < 4.78 is 12.8. The van der Waals surface area contributed by atoms with E-state index in [4.69, 9.17) is 9.47 Å². The van der Waals surface area contributed by atoms with Gasteiger partial charge in [-0.05, 0) is 61.2 Å². The lowest BCUT2D eigenvalue weighted by Gasteiger charge is -2.49. The van der Waals surface area contributed by atoms with Crippen LogP contribution in [0.25, 0.3) is 0 Å². The van der Waals surface area contributed by atoms with Crippen molar-refractivity contribution in [3.8, 4) is 0 Å². The van der Waals surface area contributed by atoms with Crippen molar-refractivity contribution in [1.29, 1.82) is 0 Å². The summed E-state index contributed by atoms with van der Waals surface area (Å²) in [5, 5.41) is 22.9. The van der Waals surface area contributed by atoms with Gasteiger partial charge >= 0.3 is 0 Å². The Hall–Kier alpha value is -0.160. The normalized spacial score (nSPS) is 61.8. The zero-order valence-corrected chi connectivity index (χ0v) is 17.3. The first kappa shape index (κ1) is 17.9. The lowest BCUT2D eigenvalue weighted by atomic mass is 9.63. The zero-order chi connectivity index (χ0) is 19.0. The van der Waals surface area contributed by atoms with E-state index < -0.39 is 23.8 Å². The van der Waals surface area contributed by atoms with Crippen LogP contribution in [0.5, 0.6) is 0 Å². The quantitative estimate of drug-likeness (QED) is 0.742. The zero-order valence-electron chi connectivity index (χ0n) is 17.3. The van der Waals surface area contributed by atoms with Crippen LogP contribution in [-0.2, 0) is 9.47 Å². The van der Waals surface area contributed by atoms with Crippen LogP contribution >= 0.6 is 0 Å². The summed E-state index contributed by atoms with van der Waals surface area (Å²) in [6, 6.07) is 0. The summed E-state index contributed by atoms with van der Waals surface area (Å²) >= 11 is 0. The Labute approximate surface area is 157 Å². The van der Waals surface area contributed by atoms with Gasteiger partial charge in [0.1, 0.15) is 11.2 Å². The van der Waals surface area contributed by atoms with Gasteiger partial charge in [0.25, 0.3) is 0 Å². The van der Waals surface area contributed by atoms with Gasteiger partial charge in [-0.2, -0.15) is 0 Å². The van der Waals surface area contributed by atoms with Gasteiger partial charge in [0.15, 0.2) is 12.6 Å². The van der Waals surface area contributed by atoms with Gasteiger partial charge in [-0.15, -0.1) is 0 Å². The molecule has 0 aromatic heterocycles. The second kappa shape index (κ2) is 4.53. The van der Waals surface area contributed by atoms with Crippen molar-refractivity contribution in [1.82, 2.24) is 0 Å². The molecule has 0 amide bonds. The molecule has 4 saturated carbocycles. The van der Waals surface area contributed by atoms with Gasteiger partial charge in [-0.25, -0.2) is 0 Å². The molecular formula is C22H36O4. The summed E-state index contributed by atoms with van der Waals surface area (Å²) in [4.78, 5) is 0. The molecule has 4 bridgehead atoms. The van der Waals surface area contributed by atoms with E-state index in [0.717, 1.165) is 19.3 Å². The molecule has 4 nitrogen and oxygen atoms in total. The Morgan fingerprint density at radius 3 is 1.77 bits per heavy atom. The number of aliphatic hydroxyl groups is 2. The first-order valence-electron chi connectivity index (χ1n) is 10.6. The average Bonchev–Trinajstić information content (AvgIpc) is 3.17. The molecule has 5 aliphatic rings. The van der Waals surface area contributed by atoms with Crippen LogP contribution in [0.2, 0.25) is 0 Å². The highest BCUT2D eigenvalue weighted by Gasteiger charge is 2.79. The predicted octanol–water partition coefficient (Wildman–Crippen LogP) is 3.84. The van der Waals surface area contributed by atoms with E-state index >= 15 is 0 Å². The number of hydrogen-bond donors (Lipinski definition) is 2. The highest BCUT2D eigenvalue weighted by atomic mass is 16.8. The van der Waals surface area contributed by atoms with Crippen molar-refractivity contribution in [2.75, 3.05) is 0 Å². The van der Waals surface area contributed by atoms with Crippen molar-refractivity contribution in [2.45, 2.75) is 104 Å². The number of ether oxygens (including phenoxy) is 2. The second-order valence-electron chi connectivity index (χ2n) is 11.7. The summed E-state index contributed by atoms with van der Waals surface area (Å²) in [7, 11) is 0. The number of aliphatic hydroxyl groups excluding tert-OH is 1. The van der Waals surface area contributed by atoms with Crippen LogP contribution in [0.15, 0.2) is 0 Å². The monoisotopic (exact) mass is 364 g/mol. The van der Waals surface area contributed by atoms with Crippen LogP contribution in [0.4, 0.5) is 0 Å². The van der Waals surface area contributed by atoms with Crippen molar-refractivity contribution in [2.24, 2.45) is 33.5 Å². The molecule has 4 heteroatoms. The van der Waals surface area contributed by atoms with E-state index in [1.165, 1.54) is 12.8 Å². The van der Waals surface area contributed by atoms with Gasteiger partial charge in [-0.1, -0.05) is 41.5 Å². The van der Waals surface area contributed by atoms with Crippen LogP contribution in [0, 0.1) is 33.5 Å². The van der Waals surface area contributed by atoms with Crippen LogP contribution in [0.3, 0.4) is 0 Å². The molecule has 5 fully saturated rings. The lowest BCUT2D eigenvalue weighted by molar-refractivity contribution is -0.260. The third-order valence-corrected chi connectivity index (χ3v) is 11.2. The molecule has 8 atom stereocenters. The molecule has 26 heavy (non-hydrogen) atoms. The molecule has 0 unspecified atom stereocenters. The molecular weight excluding hydrogens is 328 g/mol. The molecule has 1 spiro atoms. The Morgan fingerprint density at radius 2 is 1.35 bits per heavy atom. The minimum Gasteiger partial charge on any atom is -0.384 e. The SMILES string of the molecule is CC1(C)[C@@H]2CC[C@@]1(C)[C@@]1(C2)O[C@@H]([C@@]2(O)C[C@H]3CC[C@]2(C)C3(C)C)O[C@H]1O. The fourth-order valence-corrected chi connectivity index (χ4v) is 8.25. The lowest BCUT2D eigenvalue weighted by Crippen LogP contribution is -2.57. The molecule has 0 aromatic carbocycles. The maximum atomic E-state index is 11.9. The third-order valence-electron chi connectivity index (χ3n) is 11.2. The van der Waals surface area contributed by atoms with Crippen LogP contribution in [0.1, 0.15) is 80.1 Å². The van der Waals surface area contributed by atoms with E-state index in [2.05, 4.69) is 41.5 Å². The van der Waals surface area contributed by atoms with Gasteiger partial charge in [-0.3, -0.25) is 0 Å². The maximum Gasteiger partial charge on any atom is 0.190 e. The molecule has 4 aliphatic carbocycles. The molecule has 0 radical (unpaired) electrons. The fraction of sp³-hybridized carbons (Fsp3) is 1.00. The topological polar surface area (TPSA) is 58.9 Å². The standard InChI is InChI=1S/C22H36O4/c1-17(2)13-7-9-19(17,5)21(24,11-13)16-25-15(23)22(26-16)12-14-8-10-20(22,6)18(14,3)4/h13-16,23-24H,7-12H2,1-6H3/t13-,14-,15-,16+,19-,20-,21+,22+/m1/s1. The first-order chi connectivity index (χ1) is 11.9. The average molecular weight is 365 g/mol. The third kappa shape index (κ3) is 1.51. The number of hydrogen-bond acceptors (Lipinski definition) is 4. The Balaban J connectivity index is 1.52. The summed E-state index contributed by atoms with van der Waals surface area (Å²) in [5.41, 5.74) is -1.88. The summed E-state index contributed by atoms with van der Waals surface area (Å²) in [6.07, 6.45) is 4.31. The molecule has 5 rings (SSSR count). The van der Waals surface area contributed by atoms with Crippen molar-refractivity contribution in [3.05, 3.63) is 0 Å². The summed E-state index contributed by atoms with van der Waals surface area (Å²) in [5.74, 6) is 1.04. The van der Waals surface area contributed by atoms with Crippen LogP contribution in [-0.4, -0.2) is 34.0 Å². The van der Waals surface area contributed by atoms with Crippen molar-refractivity contribution in [3.63, 3.8) is 0 Å². The summed E-state index contributed by atoms with van der Waals surface area (Å²) in [6.45, 7) is 13.7. The smallest absolute Gasteiger partial charge is 0.190 e. The Bertz CT molecular complexity index is 659. The maximum absolute atomic E-state index is 11.9. The van der Waals surface area contributed by atoms with Crippen molar-refractivity contribution >= 4 is 0 Å². The number of rotatable bonds is 1. The number of fused-ring (bicyclic) bond motifs is 5. The largest absolute Gasteiger partial charge is 0.384 e. The molecule has 0 aromatic rings.